The Hall–Kier alpha value is -2.17. The summed E-state index contributed by atoms with van der Waals surface area (Å²) in [5, 5.41) is 2.55. The minimum absolute atomic E-state index is 0.0222. The fourth-order valence-electron chi connectivity index (χ4n) is 1.39. The number of amides is 1. The molecule has 0 unspecified atom stereocenters. The van der Waals surface area contributed by atoms with Crippen molar-refractivity contribution in [3.8, 4) is 0 Å². The van der Waals surface area contributed by atoms with Gasteiger partial charge in [-0.25, -0.2) is 9.18 Å². The maximum absolute atomic E-state index is 13.3. The first-order chi connectivity index (χ1) is 9.31. The zero-order valence-electron chi connectivity index (χ0n) is 11.8. The zero-order chi connectivity index (χ0) is 15.2. The van der Waals surface area contributed by atoms with E-state index in [0.29, 0.717) is 11.8 Å². The Bertz CT molecular complexity index is 518. The van der Waals surface area contributed by atoms with Crippen LogP contribution in [0.2, 0.25) is 0 Å². The molecule has 1 aromatic rings. The SMILES string of the molecule is CC(C)(C)OC(=O)NCC=Cc1ccc(C=O)c(F)c1. The molecular formula is C15H18FNO3. The summed E-state index contributed by atoms with van der Waals surface area (Å²) < 4.78 is 18.4. The van der Waals surface area contributed by atoms with E-state index in [1.54, 1.807) is 39.0 Å². The predicted octanol–water partition coefficient (Wildman–Crippen LogP) is 3.18. The summed E-state index contributed by atoms with van der Waals surface area (Å²) >= 11 is 0. The molecule has 5 heteroatoms. The van der Waals surface area contributed by atoms with Crippen LogP contribution >= 0.6 is 0 Å². The maximum Gasteiger partial charge on any atom is 0.407 e. The molecule has 0 bridgehead atoms. The zero-order valence-corrected chi connectivity index (χ0v) is 11.8. The van der Waals surface area contributed by atoms with Gasteiger partial charge < -0.3 is 10.1 Å². The van der Waals surface area contributed by atoms with Crippen molar-refractivity contribution in [2.24, 2.45) is 0 Å². The molecule has 1 rings (SSSR count). The van der Waals surface area contributed by atoms with Crippen LogP contribution in [0.5, 0.6) is 0 Å². The van der Waals surface area contributed by atoms with Gasteiger partial charge >= 0.3 is 6.09 Å². The molecule has 0 heterocycles. The lowest BCUT2D eigenvalue weighted by atomic mass is 10.1. The summed E-state index contributed by atoms with van der Waals surface area (Å²) in [7, 11) is 0. The highest BCUT2D eigenvalue weighted by Crippen LogP contribution is 2.10. The molecular weight excluding hydrogens is 261 g/mol. The van der Waals surface area contributed by atoms with Crippen molar-refractivity contribution < 1.29 is 18.7 Å². The van der Waals surface area contributed by atoms with Gasteiger partial charge in [0.25, 0.3) is 0 Å². The second-order valence-electron chi connectivity index (χ2n) is 5.18. The average molecular weight is 279 g/mol. The number of benzene rings is 1. The third-order valence-electron chi connectivity index (χ3n) is 2.22. The minimum Gasteiger partial charge on any atom is -0.444 e. The first kappa shape index (κ1) is 15.9. The van der Waals surface area contributed by atoms with Crippen molar-refractivity contribution in [3.05, 3.63) is 41.2 Å². The van der Waals surface area contributed by atoms with E-state index in [0.717, 1.165) is 0 Å². The number of hydrogen-bond acceptors (Lipinski definition) is 3. The lowest BCUT2D eigenvalue weighted by Crippen LogP contribution is -2.32. The van der Waals surface area contributed by atoms with E-state index in [-0.39, 0.29) is 12.1 Å². The number of rotatable bonds is 4. The number of halogens is 1. The van der Waals surface area contributed by atoms with Gasteiger partial charge in [-0.15, -0.1) is 0 Å². The standard InChI is InChI=1S/C15H18FNO3/c1-15(2,3)20-14(19)17-8-4-5-11-6-7-12(10-18)13(16)9-11/h4-7,9-10H,8H2,1-3H3,(H,17,19). The fraction of sp³-hybridized carbons (Fsp3) is 0.333. The lowest BCUT2D eigenvalue weighted by molar-refractivity contribution is 0.0534. The van der Waals surface area contributed by atoms with Gasteiger partial charge in [0.2, 0.25) is 0 Å². The van der Waals surface area contributed by atoms with Crippen LogP contribution in [-0.4, -0.2) is 24.5 Å². The molecule has 1 amide bonds. The van der Waals surface area contributed by atoms with Crippen molar-refractivity contribution in [2.45, 2.75) is 26.4 Å². The summed E-state index contributed by atoms with van der Waals surface area (Å²) in [4.78, 5) is 21.8. The smallest absolute Gasteiger partial charge is 0.407 e. The van der Waals surface area contributed by atoms with Gasteiger partial charge in [-0.05, 0) is 38.5 Å². The molecule has 20 heavy (non-hydrogen) atoms. The number of carbonyl (C=O) groups excluding carboxylic acids is 2. The molecule has 1 aromatic carbocycles. The van der Waals surface area contributed by atoms with Gasteiger partial charge in [0.05, 0.1) is 5.56 Å². The Kier molecular flexibility index (Phi) is 5.43. The normalized spacial score (nSPS) is 11.4. The van der Waals surface area contributed by atoms with Crippen molar-refractivity contribution in [3.63, 3.8) is 0 Å². The van der Waals surface area contributed by atoms with Gasteiger partial charge in [0, 0.05) is 6.54 Å². The van der Waals surface area contributed by atoms with Crippen molar-refractivity contribution >= 4 is 18.5 Å². The van der Waals surface area contributed by atoms with E-state index in [9.17, 15) is 14.0 Å². The highest BCUT2D eigenvalue weighted by molar-refractivity contribution is 5.76. The lowest BCUT2D eigenvalue weighted by Gasteiger charge is -2.19. The Morgan fingerprint density at radius 3 is 2.65 bits per heavy atom. The number of nitrogens with one attached hydrogen (secondary N) is 1. The Morgan fingerprint density at radius 1 is 1.40 bits per heavy atom. The van der Waals surface area contributed by atoms with Gasteiger partial charge in [-0.1, -0.05) is 18.2 Å². The van der Waals surface area contributed by atoms with Crippen LogP contribution in [0.15, 0.2) is 24.3 Å². The average Bonchev–Trinajstić information content (AvgIpc) is 2.33. The third kappa shape index (κ3) is 5.65. The number of carbonyl (C=O) groups is 2. The Labute approximate surface area is 117 Å². The summed E-state index contributed by atoms with van der Waals surface area (Å²) in [6, 6.07) is 4.29. The van der Waals surface area contributed by atoms with Gasteiger partial charge in [0.15, 0.2) is 6.29 Å². The van der Waals surface area contributed by atoms with Gasteiger partial charge in [0.1, 0.15) is 11.4 Å². The summed E-state index contributed by atoms with van der Waals surface area (Å²) in [6.07, 6.45) is 3.27. The highest BCUT2D eigenvalue weighted by atomic mass is 19.1. The van der Waals surface area contributed by atoms with Crippen LogP contribution in [-0.2, 0) is 4.74 Å². The first-order valence-electron chi connectivity index (χ1n) is 6.20. The molecule has 0 atom stereocenters. The topological polar surface area (TPSA) is 55.4 Å². The number of hydrogen-bond donors (Lipinski definition) is 1. The molecule has 0 aliphatic rings. The molecule has 4 nitrogen and oxygen atoms in total. The summed E-state index contributed by atoms with van der Waals surface area (Å²) in [6.45, 7) is 5.60. The van der Waals surface area contributed by atoms with E-state index in [1.165, 1.54) is 12.1 Å². The van der Waals surface area contributed by atoms with Crippen LogP contribution in [0.25, 0.3) is 6.08 Å². The first-order valence-corrected chi connectivity index (χ1v) is 6.20. The summed E-state index contributed by atoms with van der Waals surface area (Å²) in [5.74, 6) is -0.567. The van der Waals surface area contributed by atoms with Crippen LogP contribution in [0.3, 0.4) is 0 Å². The second-order valence-corrected chi connectivity index (χ2v) is 5.18. The largest absolute Gasteiger partial charge is 0.444 e. The van der Waals surface area contributed by atoms with Crippen molar-refractivity contribution in [1.82, 2.24) is 5.32 Å². The number of aldehydes is 1. The molecule has 0 spiro atoms. The predicted molar refractivity (Wildman–Crippen MR) is 75.1 cm³/mol. The molecule has 0 radical (unpaired) electrons. The van der Waals surface area contributed by atoms with Crippen LogP contribution in [0.4, 0.5) is 9.18 Å². The molecule has 0 fully saturated rings. The molecule has 108 valence electrons. The van der Waals surface area contributed by atoms with Crippen molar-refractivity contribution in [2.75, 3.05) is 6.54 Å². The number of ether oxygens (including phenoxy) is 1. The molecule has 0 aliphatic heterocycles. The quantitative estimate of drug-likeness (QED) is 0.861. The molecule has 0 saturated heterocycles. The second kappa shape index (κ2) is 6.84. The van der Waals surface area contributed by atoms with E-state index in [4.69, 9.17) is 4.74 Å². The molecule has 0 saturated carbocycles. The number of alkyl carbamates (subject to hydrolysis) is 1. The van der Waals surface area contributed by atoms with Crippen LogP contribution in [0, 0.1) is 5.82 Å². The fourth-order valence-corrected chi connectivity index (χ4v) is 1.39. The minimum atomic E-state index is -0.567. The van der Waals surface area contributed by atoms with Crippen LogP contribution in [0.1, 0.15) is 36.7 Å². The summed E-state index contributed by atoms with van der Waals surface area (Å²) in [5.41, 5.74) is 0.0924. The molecule has 0 aromatic heterocycles. The highest BCUT2D eigenvalue weighted by Gasteiger charge is 2.14. The maximum atomic E-state index is 13.3. The van der Waals surface area contributed by atoms with E-state index in [1.807, 2.05) is 0 Å². The van der Waals surface area contributed by atoms with E-state index < -0.39 is 17.5 Å². The Balaban J connectivity index is 2.47. The third-order valence-corrected chi connectivity index (χ3v) is 2.22. The monoisotopic (exact) mass is 279 g/mol. The molecule has 1 N–H and O–H groups in total. The molecule has 0 aliphatic carbocycles. The van der Waals surface area contributed by atoms with Gasteiger partial charge in [-0.3, -0.25) is 4.79 Å². The Morgan fingerprint density at radius 2 is 2.10 bits per heavy atom. The van der Waals surface area contributed by atoms with E-state index in [2.05, 4.69) is 5.32 Å². The van der Waals surface area contributed by atoms with E-state index >= 15 is 0 Å². The van der Waals surface area contributed by atoms with Gasteiger partial charge in [-0.2, -0.15) is 0 Å². The van der Waals surface area contributed by atoms with Crippen molar-refractivity contribution in [1.29, 1.82) is 0 Å². The van der Waals surface area contributed by atoms with Crippen LogP contribution < -0.4 is 5.32 Å².